The second-order valence-corrected chi connectivity index (χ2v) is 19.7. The van der Waals surface area contributed by atoms with Crippen LogP contribution in [0.4, 0.5) is 0 Å². The van der Waals surface area contributed by atoms with E-state index in [4.69, 9.17) is 14.2 Å². The Hall–Kier alpha value is -1.59. The monoisotopic (exact) mass is 877 g/mol. The summed E-state index contributed by atoms with van der Waals surface area (Å²) in [5, 5.41) is 0. The van der Waals surface area contributed by atoms with Crippen molar-refractivity contribution in [1.82, 2.24) is 0 Å². The maximum absolute atomic E-state index is 12.8. The smallest absolute Gasteiger partial charge is 0.306 e. The molecule has 6 heteroatoms. The molecule has 0 N–H and O–H groups in total. The normalized spacial score (nSPS) is 12.0. The number of hydrogen-bond donors (Lipinski definition) is 0. The zero-order valence-electron chi connectivity index (χ0n) is 42.3. The molecule has 0 aromatic heterocycles. The van der Waals surface area contributed by atoms with Crippen molar-refractivity contribution in [3.8, 4) is 0 Å². The van der Waals surface area contributed by atoms with Crippen LogP contribution < -0.4 is 0 Å². The summed E-state index contributed by atoms with van der Waals surface area (Å²) in [5.41, 5.74) is 0. The summed E-state index contributed by atoms with van der Waals surface area (Å²) in [6, 6.07) is 0. The first kappa shape index (κ1) is 60.4. The second-order valence-electron chi connectivity index (χ2n) is 19.7. The lowest BCUT2D eigenvalue weighted by molar-refractivity contribution is -0.167. The van der Waals surface area contributed by atoms with Gasteiger partial charge in [0.25, 0.3) is 0 Å². The van der Waals surface area contributed by atoms with Gasteiger partial charge in [-0.1, -0.05) is 278 Å². The standard InChI is InChI=1S/C56H108O6/c1-5-7-9-11-13-15-17-18-19-20-24-28-31-35-39-43-47-54(57)60-50-53(62-56(59)49-45-41-37-33-26-16-14-12-10-8-6-2)51-61-55(58)48-44-40-36-32-29-25-22-21-23-27-30-34-38-42-46-52(3)4/h52-53H,5-51H2,1-4H3/t53-/m0/s1. The summed E-state index contributed by atoms with van der Waals surface area (Å²) in [6.45, 7) is 9.05. The Labute approximate surface area is 387 Å². The molecule has 0 heterocycles. The molecule has 6 nitrogen and oxygen atoms in total. The fourth-order valence-corrected chi connectivity index (χ4v) is 8.57. The van der Waals surface area contributed by atoms with Gasteiger partial charge in [-0.05, 0) is 25.2 Å². The van der Waals surface area contributed by atoms with E-state index in [2.05, 4.69) is 27.7 Å². The van der Waals surface area contributed by atoms with E-state index in [1.807, 2.05) is 0 Å². The van der Waals surface area contributed by atoms with Crippen molar-refractivity contribution in [2.24, 2.45) is 5.92 Å². The van der Waals surface area contributed by atoms with Crippen LogP contribution in [0.3, 0.4) is 0 Å². The Morgan fingerprint density at radius 1 is 0.306 bits per heavy atom. The molecule has 0 aliphatic rings. The molecule has 0 saturated carbocycles. The van der Waals surface area contributed by atoms with E-state index in [1.165, 1.54) is 212 Å². The number of carbonyl (C=O) groups excluding carboxylic acids is 3. The van der Waals surface area contributed by atoms with Crippen molar-refractivity contribution in [1.29, 1.82) is 0 Å². The van der Waals surface area contributed by atoms with Gasteiger partial charge in [-0.3, -0.25) is 14.4 Å². The number of unbranched alkanes of at least 4 members (excludes halogenated alkanes) is 38. The minimum atomic E-state index is -0.761. The highest BCUT2D eigenvalue weighted by atomic mass is 16.6. The van der Waals surface area contributed by atoms with Crippen molar-refractivity contribution in [3.05, 3.63) is 0 Å². The Balaban J connectivity index is 4.25. The minimum absolute atomic E-state index is 0.0621. The molecule has 0 saturated heterocycles. The van der Waals surface area contributed by atoms with Crippen molar-refractivity contribution in [2.45, 2.75) is 323 Å². The zero-order valence-corrected chi connectivity index (χ0v) is 42.3. The zero-order chi connectivity index (χ0) is 45.2. The molecule has 0 aliphatic heterocycles. The fourth-order valence-electron chi connectivity index (χ4n) is 8.57. The van der Waals surface area contributed by atoms with Gasteiger partial charge in [0.2, 0.25) is 0 Å². The summed E-state index contributed by atoms with van der Waals surface area (Å²) in [4.78, 5) is 38.0. The first-order valence-electron chi connectivity index (χ1n) is 27.9. The average molecular weight is 877 g/mol. The SMILES string of the molecule is CCCCCCCCCCCCCCCCCCC(=O)OC[C@@H](COC(=O)CCCCCCCCCCCCCCCCC(C)C)OC(=O)CCCCCCCCCCCCC. The van der Waals surface area contributed by atoms with E-state index in [-0.39, 0.29) is 31.1 Å². The van der Waals surface area contributed by atoms with Gasteiger partial charge in [-0.25, -0.2) is 0 Å². The van der Waals surface area contributed by atoms with Gasteiger partial charge in [-0.2, -0.15) is 0 Å². The maximum Gasteiger partial charge on any atom is 0.306 e. The van der Waals surface area contributed by atoms with Crippen LogP contribution in [-0.2, 0) is 28.6 Å². The van der Waals surface area contributed by atoms with Crippen LogP contribution >= 0.6 is 0 Å². The lowest BCUT2D eigenvalue weighted by atomic mass is 10.0. The van der Waals surface area contributed by atoms with Gasteiger partial charge < -0.3 is 14.2 Å². The first-order valence-corrected chi connectivity index (χ1v) is 27.9. The molecule has 0 bridgehead atoms. The Morgan fingerprint density at radius 2 is 0.532 bits per heavy atom. The summed E-state index contributed by atoms with van der Waals surface area (Å²) < 4.78 is 16.8. The van der Waals surface area contributed by atoms with E-state index in [9.17, 15) is 14.4 Å². The van der Waals surface area contributed by atoms with Gasteiger partial charge in [0.1, 0.15) is 13.2 Å². The Bertz CT molecular complexity index is 933. The summed E-state index contributed by atoms with van der Waals surface area (Å²) in [5.74, 6) is 0.00599. The minimum Gasteiger partial charge on any atom is -0.462 e. The molecular weight excluding hydrogens is 769 g/mol. The molecule has 368 valence electrons. The number of ether oxygens (including phenoxy) is 3. The van der Waals surface area contributed by atoms with Gasteiger partial charge in [0.05, 0.1) is 0 Å². The van der Waals surface area contributed by atoms with Gasteiger partial charge >= 0.3 is 17.9 Å². The number of carbonyl (C=O) groups is 3. The molecule has 1 atom stereocenters. The van der Waals surface area contributed by atoms with Gasteiger partial charge in [-0.15, -0.1) is 0 Å². The van der Waals surface area contributed by atoms with Crippen LogP contribution in [0.15, 0.2) is 0 Å². The van der Waals surface area contributed by atoms with Crippen molar-refractivity contribution < 1.29 is 28.6 Å². The van der Waals surface area contributed by atoms with Crippen LogP contribution in [0.25, 0.3) is 0 Å². The topological polar surface area (TPSA) is 78.9 Å². The lowest BCUT2D eigenvalue weighted by Crippen LogP contribution is -2.30. The average Bonchev–Trinajstić information content (AvgIpc) is 3.26. The van der Waals surface area contributed by atoms with E-state index >= 15 is 0 Å². The predicted octanol–water partition coefficient (Wildman–Crippen LogP) is 18.2. The third-order valence-electron chi connectivity index (χ3n) is 12.8. The first-order chi connectivity index (χ1) is 30.4. The Morgan fingerprint density at radius 3 is 0.790 bits per heavy atom. The number of rotatable bonds is 51. The highest BCUT2D eigenvalue weighted by molar-refractivity contribution is 5.71. The fraction of sp³-hybridized carbons (Fsp3) is 0.946. The summed E-state index contributed by atoms with van der Waals surface area (Å²) >= 11 is 0. The van der Waals surface area contributed by atoms with Crippen LogP contribution in [0.1, 0.15) is 317 Å². The van der Waals surface area contributed by atoms with E-state index in [0.29, 0.717) is 19.3 Å². The molecule has 0 aliphatic carbocycles. The van der Waals surface area contributed by atoms with Crippen molar-refractivity contribution in [3.63, 3.8) is 0 Å². The molecule has 0 spiro atoms. The molecule has 0 unspecified atom stereocenters. The van der Waals surface area contributed by atoms with Gasteiger partial charge in [0.15, 0.2) is 6.10 Å². The maximum atomic E-state index is 12.8. The van der Waals surface area contributed by atoms with Crippen LogP contribution in [-0.4, -0.2) is 37.2 Å². The molecule has 0 aromatic rings. The van der Waals surface area contributed by atoms with Crippen LogP contribution in [0.2, 0.25) is 0 Å². The third kappa shape index (κ3) is 49.4. The molecular formula is C56H108O6. The van der Waals surface area contributed by atoms with Crippen molar-refractivity contribution >= 4 is 17.9 Å². The molecule has 0 aromatic carbocycles. The molecule has 0 fully saturated rings. The second kappa shape index (κ2) is 50.4. The predicted molar refractivity (Wildman–Crippen MR) is 266 cm³/mol. The van der Waals surface area contributed by atoms with Crippen LogP contribution in [0, 0.1) is 5.92 Å². The largest absolute Gasteiger partial charge is 0.462 e. The Kier molecular flexibility index (Phi) is 49.1. The van der Waals surface area contributed by atoms with E-state index in [0.717, 1.165) is 63.7 Å². The molecule has 62 heavy (non-hydrogen) atoms. The van der Waals surface area contributed by atoms with Crippen LogP contribution in [0.5, 0.6) is 0 Å². The molecule has 0 radical (unpaired) electrons. The quantitative estimate of drug-likeness (QED) is 0.0344. The highest BCUT2D eigenvalue weighted by Gasteiger charge is 2.19. The lowest BCUT2D eigenvalue weighted by Gasteiger charge is -2.18. The van der Waals surface area contributed by atoms with Crippen molar-refractivity contribution in [2.75, 3.05) is 13.2 Å². The third-order valence-corrected chi connectivity index (χ3v) is 12.8. The molecule has 0 amide bonds. The molecule has 0 rings (SSSR count). The van der Waals surface area contributed by atoms with Gasteiger partial charge in [0, 0.05) is 19.3 Å². The number of hydrogen-bond acceptors (Lipinski definition) is 6. The summed E-state index contributed by atoms with van der Waals surface area (Å²) in [6.07, 6.45) is 53.7. The highest BCUT2D eigenvalue weighted by Crippen LogP contribution is 2.18. The number of esters is 3. The van der Waals surface area contributed by atoms with E-state index in [1.54, 1.807) is 0 Å². The van der Waals surface area contributed by atoms with E-state index < -0.39 is 6.10 Å². The summed E-state index contributed by atoms with van der Waals surface area (Å²) in [7, 11) is 0.